The average molecular weight is 519 g/mol. The van der Waals surface area contributed by atoms with Gasteiger partial charge in [-0.05, 0) is 112 Å². The molecule has 0 saturated heterocycles. The van der Waals surface area contributed by atoms with Gasteiger partial charge in [-0.1, -0.05) is 127 Å². The summed E-state index contributed by atoms with van der Waals surface area (Å²) in [5.74, 6) is 0. The van der Waals surface area contributed by atoms with Crippen LogP contribution in [0.25, 0.3) is 76.5 Å². The van der Waals surface area contributed by atoms with Crippen LogP contribution in [0.1, 0.15) is 11.1 Å². The Morgan fingerprint density at radius 3 is 1.61 bits per heavy atom. The van der Waals surface area contributed by atoms with Gasteiger partial charge in [-0.15, -0.1) is 0 Å². The summed E-state index contributed by atoms with van der Waals surface area (Å²) in [6.45, 7) is 0. The molecular formula is C41H26. The molecule has 9 rings (SSSR count). The van der Waals surface area contributed by atoms with Crippen molar-refractivity contribution in [2.45, 2.75) is 6.42 Å². The van der Waals surface area contributed by atoms with Gasteiger partial charge in [0.05, 0.1) is 0 Å². The molecule has 0 spiro atoms. The first kappa shape index (κ1) is 22.6. The third-order valence-electron chi connectivity index (χ3n) is 9.08. The molecular weight excluding hydrogens is 492 g/mol. The van der Waals surface area contributed by atoms with Crippen LogP contribution in [-0.4, -0.2) is 0 Å². The van der Waals surface area contributed by atoms with E-state index in [0.29, 0.717) is 0 Å². The molecule has 0 fully saturated rings. The molecule has 0 unspecified atom stereocenters. The Hall–Kier alpha value is -5.20. The molecule has 0 aliphatic heterocycles. The highest BCUT2D eigenvalue weighted by Gasteiger charge is 2.21. The van der Waals surface area contributed by atoms with Crippen molar-refractivity contribution in [2.75, 3.05) is 0 Å². The van der Waals surface area contributed by atoms with Gasteiger partial charge in [0.15, 0.2) is 0 Å². The maximum atomic E-state index is 2.40. The van der Waals surface area contributed by atoms with E-state index in [1.165, 1.54) is 87.6 Å². The first-order valence-electron chi connectivity index (χ1n) is 14.4. The fourth-order valence-electron chi connectivity index (χ4n) is 7.10. The van der Waals surface area contributed by atoms with Crippen molar-refractivity contribution < 1.29 is 0 Å². The van der Waals surface area contributed by atoms with Crippen LogP contribution in [0.2, 0.25) is 0 Å². The van der Waals surface area contributed by atoms with Gasteiger partial charge in [-0.25, -0.2) is 0 Å². The van der Waals surface area contributed by atoms with Gasteiger partial charge in [0.25, 0.3) is 0 Å². The van der Waals surface area contributed by atoms with Crippen LogP contribution < -0.4 is 0 Å². The Morgan fingerprint density at radius 2 is 0.878 bits per heavy atom. The topological polar surface area (TPSA) is 0 Å². The molecule has 0 bridgehead atoms. The average Bonchev–Trinajstić information content (AvgIpc) is 3.43. The van der Waals surface area contributed by atoms with E-state index in [1.807, 2.05) is 0 Å². The van der Waals surface area contributed by atoms with E-state index < -0.39 is 0 Å². The van der Waals surface area contributed by atoms with Gasteiger partial charge in [0.2, 0.25) is 0 Å². The Morgan fingerprint density at radius 1 is 0.317 bits per heavy atom. The maximum Gasteiger partial charge on any atom is -0.000728 e. The van der Waals surface area contributed by atoms with E-state index in [0.717, 1.165) is 6.42 Å². The van der Waals surface area contributed by atoms with Gasteiger partial charge in [-0.2, -0.15) is 0 Å². The normalized spacial score (nSPS) is 12.3. The van der Waals surface area contributed by atoms with Crippen LogP contribution in [-0.2, 0) is 6.42 Å². The lowest BCUT2D eigenvalue weighted by atomic mass is 9.91. The summed E-state index contributed by atoms with van der Waals surface area (Å²) in [6, 6.07) is 53.9. The molecule has 0 nitrogen and oxygen atoms in total. The summed E-state index contributed by atoms with van der Waals surface area (Å²) in [5.41, 5.74) is 10.6. The summed E-state index contributed by atoms with van der Waals surface area (Å²) in [4.78, 5) is 0. The first-order valence-corrected chi connectivity index (χ1v) is 14.4. The molecule has 0 radical (unpaired) electrons. The van der Waals surface area contributed by atoms with Crippen LogP contribution in [0, 0.1) is 0 Å². The molecule has 0 aromatic heterocycles. The standard InChI is InChI=1S/C41H26/c1-2-11-32-26(8-1)18-20-38-39-23-29(16-17-31(39)25-40(32)38)27-9-7-10-28(22-27)30-19-21-37-35-14-4-3-12-33(35)34-13-5-6-15-36(34)41(37)24-30/h1-24H,25H2. The van der Waals surface area contributed by atoms with Gasteiger partial charge in [0, 0.05) is 0 Å². The molecule has 1 aliphatic carbocycles. The van der Waals surface area contributed by atoms with Crippen LogP contribution in [0.4, 0.5) is 0 Å². The molecule has 0 heterocycles. The van der Waals surface area contributed by atoms with Gasteiger partial charge >= 0.3 is 0 Å². The zero-order valence-corrected chi connectivity index (χ0v) is 22.6. The monoisotopic (exact) mass is 518 g/mol. The Labute approximate surface area is 239 Å². The molecule has 41 heavy (non-hydrogen) atoms. The second-order valence-corrected chi connectivity index (χ2v) is 11.3. The quantitative estimate of drug-likeness (QED) is 0.200. The van der Waals surface area contributed by atoms with Crippen molar-refractivity contribution in [1.29, 1.82) is 0 Å². The van der Waals surface area contributed by atoms with Crippen molar-refractivity contribution in [3.8, 4) is 33.4 Å². The first-order chi connectivity index (χ1) is 20.3. The molecule has 0 heteroatoms. The smallest absolute Gasteiger partial charge is 0.000728 e. The largest absolute Gasteiger partial charge is 0.0616 e. The van der Waals surface area contributed by atoms with Crippen molar-refractivity contribution in [1.82, 2.24) is 0 Å². The van der Waals surface area contributed by atoms with Crippen molar-refractivity contribution in [2.24, 2.45) is 0 Å². The van der Waals surface area contributed by atoms with Crippen molar-refractivity contribution >= 4 is 43.1 Å². The van der Waals surface area contributed by atoms with Crippen molar-refractivity contribution in [3.63, 3.8) is 0 Å². The van der Waals surface area contributed by atoms with E-state index in [2.05, 4.69) is 146 Å². The lowest BCUT2D eigenvalue weighted by molar-refractivity contribution is 1.28. The van der Waals surface area contributed by atoms with E-state index in [4.69, 9.17) is 0 Å². The predicted molar refractivity (Wildman–Crippen MR) is 176 cm³/mol. The molecule has 0 saturated carbocycles. The number of rotatable bonds is 2. The Bertz CT molecular complexity index is 2300. The highest BCUT2D eigenvalue weighted by molar-refractivity contribution is 6.25. The minimum atomic E-state index is 1.01. The Balaban J connectivity index is 1.17. The predicted octanol–water partition coefficient (Wildman–Crippen LogP) is 11.2. The van der Waals surface area contributed by atoms with Gasteiger partial charge in [0.1, 0.15) is 0 Å². The second kappa shape index (κ2) is 8.65. The SMILES string of the molecule is c1cc(-c2ccc3c(c2)-c2ccc4ccccc4c2C3)cc(-c2ccc3c4ccccc4c4ccccc4c3c2)c1. The Kier molecular flexibility index (Phi) is 4.77. The molecule has 190 valence electrons. The second-order valence-electron chi connectivity index (χ2n) is 11.3. The summed E-state index contributed by atoms with van der Waals surface area (Å²) in [7, 11) is 0. The summed E-state index contributed by atoms with van der Waals surface area (Å²) < 4.78 is 0. The third kappa shape index (κ3) is 3.41. The zero-order valence-electron chi connectivity index (χ0n) is 22.6. The lowest BCUT2D eigenvalue weighted by Gasteiger charge is -2.13. The molecule has 0 amide bonds. The van der Waals surface area contributed by atoms with E-state index >= 15 is 0 Å². The van der Waals surface area contributed by atoms with E-state index in [-0.39, 0.29) is 0 Å². The molecule has 0 atom stereocenters. The minimum Gasteiger partial charge on any atom is -0.0616 e. The summed E-state index contributed by atoms with van der Waals surface area (Å²) >= 11 is 0. The maximum absolute atomic E-state index is 2.40. The van der Waals surface area contributed by atoms with Crippen LogP contribution in [0.15, 0.2) is 146 Å². The minimum absolute atomic E-state index is 1.01. The molecule has 1 aliphatic rings. The van der Waals surface area contributed by atoms with E-state index in [9.17, 15) is 0 Å². The number of hydrogen-bond donors (Lipinski definition) is 0. The zero-order chi connectivity index (χ0) is 26.9. The highest BCUT2D eigenvalue weighted by Crippen LogP contribution is 2.43. The highest BCUT2D eigenvalue weighted by atomic mass is 14.2. The fourth-order valence-corrected chi connectivity index (χ4v) is 7.10. The van der Waals surface area contributed by atoms with Crippen LogP contribution in [0.3, 0.4) is 0 Å². The van der Waals surface area contributed by atoms with E-state index in [1.54, 1.807) is 0 Å². The summed E-state index contributed by atoms with van der Waals surface area (Å²) in [5, 5.41) is 10.6. The molecule has 8 aromatic rings. The third-order valence-corrected chi connectivity index (χ3v) is 9.08. The number of benzene rings is 8. The van der Waals surface area contributed by atoms with Crippen molar-refractivity contribution in [3.05, 3.63) is 157 Å². The fraction of sp³-hybridized carbons (Fsp3) is 0.0244. The lowest BCUT2D eigenvalue weighted by Crippen LogP contribution is -1.86. The van der Waals surface area contributed by atoms with Gasteiger partial charge in [-0.3, -0.25) is 0 Å². The molecule has 8 aromatic carbocycles. The van der Waals surface area contributed by atoms with Crippen LogP contribution >= 0.6 is 0 Å². The van der Waals surface area contributed by atoms with Crippen LogP contribution in [0.5, 0.6) is 0 Å². The molecule has 0 N–H and O–H groups in total. The summed E-state index contributed by atoms with van der Waals surface area (Å²) in [6.07, 6.45) is 1.01. The number of hydrogen-bond acceptors (Lipinski definition) is 0. The van der Waals surface area contributed by atoms with Gasteiger partial charge < -0.3 is 0 Å². The number of fused-ring (bicyclic) bond motifs is 11.